The minimum Gasteiger partial charge on any atom is -0.481 e. The number of amides is 1. The van der Waals surface area contributed by atoms with E-state index in [9.17, 15) is 14.7 Å². The van der Waals surface area contributed by atoms with Crippen LogP contribution in [-0.4, -0.2) is 60.0 Å². The topological polar surface area (TPSA) is 60.9 Å². The molecule has 2 rings (SSSR count). The zero-order valence-corrected chi connectivity index (χ0v) is 13.4. The van der Waals surface area contributed by atoms with Crippen LogP contribution < -0.4 is 0 Å². The van der Waals surface area contributed by atoms with Gasteiger partial charge < -0.3 is 14.9 Å². The highest BCUT2D eigenvalue weighted by atomic mass is 16.4. The molecule has 2 aliphatic rings. The lowest BCUT2D eigenvalue weighted by Gasteiger charge is -2.30. The quantitative estimate of drug-likeness (QED) is 0.838. The van der Waals surface area contributed by atoms with E-state index in [1.165, 1.54) is 0 Å². The highest BCUT2D eigenvalue weighted by molar-refractivity contribution is 5.85. The molecule has 1 amide bonds. The monoisotopic (exact) mass is 296 g/mol. The maximum Gasteiger partial charge on any atom is 0.307 e. The summed E-state index contributed by atoms with van der Waals surface area (Å²) in [5.41, 5.74) is 0. The molecule has 2 fully saturated rings. The summed E-state index contributed by atoms with van der Waals surface area (Å²) in [5, 5.41) is 9.42. The van der Waals surface area contributed by atoms with Crippen molar-refractivity contribution >= 4 is 11.9 Å². The van der Waals surface area contributed by atoms with Crippen LogP contribution in [0.3, 0.4) is 0 Å². The fourth-order valence-corrected chi connectivity index (χ4v) is 3.97. The molecule has 120 valence electrons. The lowest BCUT2D eigenvalue weighted by molar-refractivity contribution is -0.149. The van der Waals surface area contributed by atoms with Crippen LogP contribution in [0.5, 0.6) is 0 Å². The maximum absolute atomic E-state index is 12.9. The molecule has 0 radical (unpaired) electrons. The Morgan fingerprint density at radius 3 is 2.48 bits per heavy atom. The number of hydrogen-bond acceptors (Lipinski definition) is 3. The molecule has 2 unspecified atom stereocenters. The summed E-state index contributed by atoms with van der Waals surface area (Å²) in [5.74, 6) is -1.12. The van der Waals surface area contributed by atoms with Crippen LogP contribution in [0, 0.1) is 17.8 Å². The van der Waals surface area contributed by atoms with Gasteiger partial charge in [-0.25, -0.2) is 0 Å². The average Bonchev–Trinajstić information content (AvgIpc) is 3.03. The van der Waals surface area contributed by atoms with E-state index in [0.29, 0.717) is 12.3 Å². The number of rotatable bonds is 5. The number of carbonyl (C=O) groups is 2. The second kappa shape index (κ2) is 6.77. The lowest BCUT2D eigenvalue weighted by Crippen LogP contribution is -2.45. The normalized spacial score (nSPS) is 32.9. The van der Waals surface area contributed by atoms with Gasteiger partial charge in [-0.1, -0.05) is 13.3 Å². The molecule has 0 bridgehead atoms. The van der Waals surface area contributed by atoms with Gasteiger partial charge >= 0.3 is 5.97 Å². The maximum atomic E-state index is 12.9. The molecular formula is C16H28N2O3. The summed E-state index contributed by atoms with van der Waals surface area (Å²) in [6.45, 7) is 3.74. The van der Waals surface area contributed by atoms with E-state index in [1.807, 2.05) is 19.0 Å². The Balaban J connectivity index is 2.08. The Bertz CT molecular complexity index is 397. The van der Waals surface area contributed by atoms with Crippen molar-refractivity contribution in [2.24, 2.45) is 17.8 Å². The summed E-state index contributed by atoms with van der Waals surface area (Å²) >= 11 is 0. The van der Waals surface area contributed by atoms with Gasteiger partial charge in [0.1, 0.15) is 0 Å². The van der Waals surface area contributed by atoms with Gasteiger partial charge in [0.15, 0.2) is 0 Å². The molecule has 0 aromatic carbocycles. The van der Waals surface area contributed by atoms with E-state index in [1.54, 1.807) is 0 Å². The highest BCUT2D eigenvalue weighted by Gasteiger charge is 2.45. The fraction of sp³-hybridized carbons (Fsp3) is 0.875. The third-order valence-corrected chi connectivity index (χ3v) is 5.11. The van der Waals surface area contributed by atoms with E-state index >= 15 is 0 Å². The van der Waals surface area contributed by atoms with Gasteiger partial charge in [0.25, 0.3) is 0 Å². The smallest absolute Gasteiger partial charge is 0.307 e. The van der Waals surface area contributed by atoms with Gasteiger partial charge in [0.05, 0.1) is 11.8 Å². The first-order valence-electron chi connectivity index (χ1n) is 8.12. The number of likely N-dealkylation sites (tertiary alicyclic amines) is 1. The molecule has 0 aromatic heterocycles. The predicted octanol–water partition coefficient (Wildman–Crippen LogP) is 1.68. The Labute approximate surface area is 127 Å². The van der Waals surface area contributed by atoms with Crippen LogP contribution in [0.2, 0.25) is 0 Å². The van der Waals surface area contributed by atoms with Crippen molar-refractivity contribution in [3.8, 4) is 0 Å². The number of carboxylic acid groups (broad SMARTS) is 1. The highest BCUT2D eigenvalue weighted by Crippen LogP contribution is 2.40. The van der Waals surface area contributed by atoms with Gasteiger partial charge in [-0.15, -0.1) is 0 Å². The zero-order valence-electron chi connectivity index (χ0n) is 13.4. The van der Waals surface area contributed by atoms with E-state index < -0.39 is 11.9 Å². The van der Waals surface area contributed by atoms with E-state index in [2.05, 4.69) is 11.8 Å². The number of nitrogens with zero attached hydrogens (tertiary/aromatic N) is 2. The van der Waals surface area contributed by atoms with Crippen molar-refractivity contribution in [2.45, 2.75) is 45.1 Å². The second-order valence-corrected chi connectivity index (χ2v) is 6.89. The first-order valence-corrected chi connectivity index (χ1v) is 8.12. The number of hydrogen-bond donors (Lipinski definition) is 1. The van der Waals surface area contributed by atoms with Crippen molar-refractivity contribution in [2.75, 3.05) is 27.2 Å². The molecule has 1 saturated heterocycles. The molecule has 1 saturated carbocycles. The fourth-order valence-electron chi connectivity index (χ4n) is 3.97. The molecule has 5 heteroatoms. The lowest BCUT2D eigenvalue weighted by atomic mass is 9.94. The van der Waals surface area contributed by atoms with Crippen LogP contribution in [0.25, 0.3) is 0 Å². The van der Waals surface area contributed by atoms with Crippen LogP contribution in [0.15, 0.2) is 0 Å². The first kappa shape index (κ1) is 16.3. The summed E-state index contributed by atoms with van der Waals surface area (Å²) in [4.78, 5) is 28.4. The predicted molar refractivity (Wildman–Crippen MR) is 80.9 cm³/mol. The minimum absolute atomic E-state index is 0.0858. The Morgan fingerprint density at radius 2 is 1.90 bits per heavy atom. The molecule has 1 N–H and O–H groups in total. The van der Waals surface area contributed by atoms with Crippen LogP contribution in [-0.2, 0) is 9.59 Å². The molecule has 0 spiro atoms. The van der Waals surface area contributed by atoms with Crippen molar-refractivity contribution in [3.05, 3.63) is 0 Å². The number of likely N-dealkylation sites (N-methyl/N-ethyl adjacent to an activating group) is 1. The molecule has 21 heavy (non-hydrogen) atoms. The van der Waals surface area contributed by atoms with Crippen LogP contribution in [0.1, 0.15) is 39.0 Å². The van der Waals surface area contributed by atoms with Gasteiger partial charge in [-0.3, -0.25) is 9.59 Å². The van der Waals surface area contributed by atoms with Crippen LogP contribution >= 0.6 is 0 Å². The third kappa shape index (κ3) is 3.57. The Kier molecular flexibility index (Phi) is 5.25. The van der Waals surface area contributed by atoms with E-state index in [4.69, 9.17) is 0 Å². The van der Waals surface area contributed by atoms with Gasteiger partial charge in [0, 0.05) is 19.1 Å². The first-order chi connectivity index (χ1) is 9.93. The number of carboxylic acids is 1. The SMILES string of the molecule is CCC1C[C@H](C(=O)N2CCCC2CN(C)C)[C@H](C(=O)O)C1. The minimum atomic E-state index is -0.798. The van der Waals surface area contributed by atoms with Gasteiger partial charge in [0.2, 0.25) is 5.91 Å². The summed E-state index contributed by atoms with van der Waals surface area (Å²) < 4.78 is 0. The van der Waals surface area contributed by atoms with Crippen molar-refractivity contribution in [1.82, 2.24) is 9.80 Å². The average molecular weight is 296 g/mol. The molecule has 4 atom stereocenters. The number of aliphatic carboxylic acids is 1. The van der Waals surface area contributed by atoms with Gasteiger partial charge in [-0.05, 0) is 45.7 Å². The molecule has 1 aliphatic heterocycles. The van der Waals surface area contributed by atoms with Crippen molar-refractivity contribution in [3.63, 3.8) is 0 Å². The Hall–Kier alpha value is -1.10. The molecule has 1 aliphatic carbocycles. The van der Waals surface area contributed by atoms with Crippen LogP contribution in [0.4, 0.5) is 0 Å². The summed E-state index contributed by atoms with van der Waals surface area (Å²) in [6.07, 6.45) is 4.44. The van der Waals surface area contributed by atoms with E-state index in [0.717, 1.165) is 38.8 Å². The Morgan fingerprint density at radius 1 is 1.24 bits per heavy atom. The number of carbonyl (C=O) groups excluding carboxylic acids is 1. The largest absolute Gasteiger partial charge is 0.481 e. The molecule has 0 aromatic rings. The second-order valence-electron chi connectivity index (χ2n) is 6.89. The molecule has 1 heterocycles. The van der Waals surface area contributed by atoms with Crippen molar-refractivity contribution in [1.29, 1.82) is 0 Å². The molecular weight excluding hydrogens is 268 g/mol. The van der Waals surface area contributed by atoms with Gasteiger partial charge in [-0.2, -0.15) is 0 Å². The summed E-state index contributed by atoms with van der Waals surface area (Å²) in [6, 6.07) is 0.252. The van der Waals surface area contributed by atoms with E-state index in [-0.39, 0.29) is 17.9 Å². The summed E-state index contributed by atoms with van der Waals surface area (Å²) in [7, 11) is 4.04. The third-order valence-electron chi connectivity index (χ3n) is 5.11. The molecule has 5 nitrogen and oxygen atoms in total. The standard InChI is InChI=1S/C16H28N2O3/c1-4-11-8-13(14(9-11)16(20)21)15(19)18-7-5-6-12(18)10-17(2)3/h11-14H,4-10H2,1-3H3,(H,20,21)/t11?,12?,13-,14+/m0/s1. The van der Waals surface area contributed by atoms with Crippen molar-refractivity contribution < 1.29 is 14.7 Å². The zero-order chi connectivity index (χ0) is 15.6.